The molecule has 2 heterocycles. The average molecular weight is 375 g/mol. The molecule has 2 aromatic rings. The van der Waals surface area contributed by atoms with Crippen molar-refractivity contribution in [2.75, 3.05) is 18.0 Å². The van der Waals surface area contributed by atoms with Crippen LogP contribution in [0.25, 0.3) is 0 Å². The van der Waals surface area contributed by atoms with Crippen LogP contribution in [0.2, 0.25) is 0 Å². The van der Waals surface area contributed by atoms with Gasteiger partial charge in [0.15, 0.2) is 11.5 Å². The van der Waals surface area contributed by atoms with Gasteiger partial charge >= 0.3 is 6.18 Å². The standard InChI is InChI=1S/C13H12F3N5O3S/c1-6(25-12-20-19-11(21(12)17)13(14,15)16)10(22)18-7-2-3-8-9(4-7)24-5-23-8/h2-4,6H,5,17H2,1H3,(H,18,22). The lowest BCUT2D eigenvalue weighted by atomic mass is 10.2. The maximum Gasteiger partial charge on any atom is 0.453 e. The number of benzene rings is 1. The first-order valence-electron chi connectivity index (χ1n) is 6.90. The van der Waals surface area contributed by atoms with Gasteiger partial charge in [-0.15, -0.1) is 10.2 Å². The number of carbonyl (C=O) groups is 1. The fourth-order valence-corrected chi connectivity index (χ4v) is 2.75. The molecule has 0 aliphatic carbocycles. The van der Waals surface area contributed by atoms with Crippen LogP contribution in [-0.2, 0) is 11.0 Å². The lowest BCUT2D eigenvalue weighted by Crippen LogP contribution is -2.25. The molecule has 1 atom stereocenters. The van der Waals surface area contributed by atoms with Gasteiger partial charge in [-0.2, -0.15) is 13.2 Å². The fourth-order valence-electron chi connectivity index (χ4n) is 1.98. The molecular weight excluding hydrogens is 363 g/mol. The molecule has 0 bridgehead atoms. The third kappa shape index (κ3) is 3.57. The monoisotopic (exact) mass is 375 g/mol. The molecule has 1 unspecified atom stereocenters. The van der Waals surface area contributed by atoms with Crippen molar-refractivity contribution in [3.8, 4) is 11.5 Å². The van der Waals surface area contributed by atoms with Crippen LogP contribution in [0.15, 0.2) is 23.4 Å². The Morgan fingerprint density at radius 3 is 2.76 bits per heavy atom. The second kappa shape index (κ2) is 6.35. The van der Waals surface area contributed by atoms with Crippen LogP contribution in [0, 0.1) is 0 Å². The van der Waals surface area contributed by atoms with Gasteiger partial charge < -0.3 is 20.6 Å². The van der Waals surface area contributed by atoms with E-state index in [1.165, 1.54) is 6.92 Å². The Morgan fingerprint density at radius 1 is 1.36 bits per heavy atom. The van der Waals surface area contributed by atoms with Crippen LogP contribution in [0.1, 0.15) is 12.7 Å². The van der Waals surface area contributed by atoms with E-state index in [9.17, 15) is 18.0 Å². The van der Waals surface area contributed by atoms with Crippen molar-refractivity contribution in [2.24, 2.45) is 0 Å². The zero-order chi connectivity index (χ0) is 18.2. The maximum absolute atomic E-state index is 12.6. The van der Waals surface area contributed by atoms with E-state index in [1.54, 1.807) is 18.2 Å². The number of ether oxygens (including phenoxy) is 2. The Bertz CT molecular complexity index is 811. The molecule has 1 aliphatic rings. The first-order chi connectivity index (χ1) is 11.8. The highest BCUT2D eigenvalue weighted by atomic mass is 32.2. The highest BCUT2D eigenvalue weighted by molar-refractivity contribution is 8.00. The number of nitrogens with one attached hydrogen (secondary N) is 1. The molecule has 12 heteroatoms. The minimum atomic E-state index is -4.72. The van der Waals surface area contributed by atoms with E-state index in [0.717, 1.165) is 11.8 Å². The number of rotatable bonds is 4. The predicted octanol–water partition coefficient (Wildman–Crippen LogP) is 1.86. The molecule has 3 N–H and O–H groups in total. The second-order valence-corrected chi connectivity index (χ2v) is 6.30. The van der Waals surface area contributed by atoms with Gasteiger partial charge in [-0.1, -0.05) is 11.8 Å². The molecule has 3 rings (SSSR count). The molecule has 1 amide bonds. The summed E-state index contributed by atoms with van der Waals surface area (Å²) in [6.07, 6.45) is -4.72. The Balaban J connectivity index is 1.66. The van der Waals surface area contributed by atoms with Gasteiger partial charge in [-0.25, -0.2) is 4.68 Å². The topological polar surface area (TPSA) is 104 Å². The van der Waals surface area contributed by atoms with E-state index in [1.807, 2.05) is 0 Å². The van der Waals surface area contributed by atoms with Crippen LogP contribution in [-0.4, -0.2) is 32.8 Å². The van der Waals surface area contributed by atoms with E-state index in [-0.39, 0.29) is 11.9 Å². The number of amides is 1. The van der Waals surface area contributed by atoms with Crippen molar-refractivity contribution in [3.63, 3.8) is 0 Å². The van der Waals surface area contributed by atoms with Crippen molar-refractivity contribution in [3.05, 3.63) is 24.0 Å². The zero-order valence-corrected chi connectivity index (χ0v) is 13.5. The molecule has 25 heavy (non-hydrogen) atoms. The molecule has 0 spiro atoms. The summed E-state index contributed by atoms with van der Waals surface area (Å²) in [6, 6.07) is 4.85. The van der Waals surface area contributed by atoms with Crippen LogP contribution in [0.5, 0.6) is 11.5 Å². The molecule has 1 aliphatic heterocycles. The summed E-state index contributed by atoms with van der Waals surface area (Å²) in [6.45, 7) is 1.61. The Hall–Kier alpha value is -2.63. The summed E-state index contributed by atoms with van der Waals surface area (Å²) < 4.78 is 48.6. The number of hydrogen-bond donors (Lipinski definition) is 2. The lowest BCUT2D eigenvalue weighted by molar-refractivity contribution is -0.146. The number of nitrogens with zero attached hydrogens (tertiary/aromatic N) is 3. The van der Waals surface area contributed by atoms with Crippen LogP contribution < -0.4 is 20.6 Å². The van der Waals surface area contributed by atoms with Gasteiger partial charge in [0.2, 0.25) is 17.9 Å². The first kappa shape index (κ1) is 17.2. The molecular formula is C13H12F3N5O3S. The normalized spacial score (nSPS) is 14.4. The van der Waals surface area contributed by atoms with Crippen LogP contribution in [0.4, 0.5) is 18.9 Å². The van der Waals surface area contributed by atoms with Gasteiger partial charge in [0.1, 0.15) is 0 Å². The van der Waals surface area contributed by atoms with Gasteiger partial charge in [0.25, 0.3) is 5.82 Å². The minimum Gasteiger partial charge on any atom is -0.454 e. The van der Waals surface area contributed by atoms with Gasteiger partial charge in [-0.3, -0.25) is 4.79 Å². The van der Waals surface area contributed by atoms with E-state index in [4.69, 9.17) is 15.3 Å². The molecule has 0 radical (unpaired) electrons. The third-order valence-electron chi connectivity index (χ3n) is 3.21. The second-order valence-electron chi connectivity index (χ2n) is 4.99. The summed E-state index contributed by atoms with van der Waals surface area (Å²) >= 11 is 0.756. The SMILES string of the molecule is CC(Sc1nnc(C(F)(F)F)n1N)C(=O)Nc1ccc2c(c1)OCO2. The summed E-state index contributed by atoms with van der Waals surface area (Å²) in [5.74, 6) is 4.62. The number of fused-ring (bicyclic) bond motifs is 1. The number of nitrogen functional groups attached to an aromatic ring is 1. The van der Waals surface area contributed by atoms with Crippen molar-refractivity contribution >= 4 is 23.4 Å². The average Bonchev–Trinajstić information content (AvgIpc) is 3.13. The smallest absolute Gasteiger partial charge is 0.453 e. The summed E-state index contributed by atoms with van der Waals surface area (Å²) in [4.78, 5) is 12.2. The highest BCUT2D eigenvalue weighted by Gasteiger charge is 2.38. The molecule has 1 aromatic heterocycles. The number of aromatic nitrogens is 3. The number of hydrogen-bond acceptors (Lipinski definition) is 7. The van der Waals surface area contributed by atoms with Crippen molar-refractivity contribution < 1.29 is 27.4 Å². The lowest BCUT2D eigenvalue weighted by Gasteiger charge is -2.12. The number of carbonyl (C=O) groups excluding carboxylic acids is 1. The zero-order valence-electron chi connectivity index (χ0n) is 12.7. The Morgan fingerprint density at radius 2 is 2.08 bits per heavy atom. The van der Waals surface area contributed by atoms with Crippen LogP contribution >= 0.6 is 11.8 Å². The van der Waals surface area contributed by atoms with Gasteiger partial charge in [0, 0.05) is 11.8 Å². The summed E-state index contributed by atoms with van der Waals surface area (Å²) in [5, 5.41) is 8.02. The minimum absolute atomic E-state index is 0.104. The summed E-state index contributed by atoms with van der Waals surface area (Å²) in [7, 11) is 0. The molecule has 0 saturated heterocycles. The fraction of sp³-hybridized carbons (Fsp3) is 0.308. The van der Waals surface area contributed by atoms with Crippen molar-refractivity contribution in [2.45, 2.75) is 23.5 Å². The van der Waals surface area contributed by atoms with E-state index in [0.29, 0.717) is 21.9 Å². The van der Waals surface area contributed by atoms with Crippen LogP contribution in [0.3, 0.4) is 0 Å². The maximum atomic E-state index is 12.6. The number of halogens is 3. The summed E-state index contributed by atoms with van der Waals surface area (Å²) in [5.41, 5.74) is 0.465. The van der Waals surface area contributed by atoms with E-state index >= 15 is 0 Å². The predicted molar refractivity (Wildman–Crippen MR) is 81.7 cm³/mol. The number of nitrogens with two attached hydrogens (primary N) is 1. The Kier molecular flexibility index (Phi) is 4.37. The largest absolute Gasteiger partial charge is 0.454 e. The van der Waals surface area contributed by atoms with Crippen molar-refractivity contribution in [1.29, 1.82) is 0 Å². The molecule has 0 fully saturated rings. The van der Waals surface area contributed by atoms with Crippen molar-refractivity contribution in [1.82, 2.24) is 14.9 Å². The van der Waals surface area contributed by atoms with E-state index in [2.05, 4.69) is 15.5 Å². The number of anilines is 1. The quantitative estimate of drug-likeness (QED) is 0.621. The Labute approximate surface area is 143 Å². The third-order valence-corrected chi connectivity index (χ3v) is 4.27. The first-order valence-corrected chi connectivity index (χ1v) is 7.78. The van der Waals surface area contributed by atoms with Gasteiger partial charge in [0.05, 0.1) is 5.25 Å². The number of thioether (sulfide) groups is 1. The van der Waals surface area contributed by atoms with E-state index < -0.39 is 23.2 Å². The molecule has 1 aromatic carbocycles. The molecule has 8 nitrogen and oxygen atoms in total. The highest BCUT2D eigenvalue weighted by Crippen LogP contribution is 2.35. The molecule has 0 saturated carbocycles. The van der Waals surface area contributed by atoms with Gasteiger partial charge in [-0.05, 0) is 19.1 Å². The number of alkyl halides is 3. The molecule has 134 valence electrons.